The summed E-state index contributed by atoms with van der Waals surface area (Å²) in [5.41, 5.74) is 0. The minimum absolute atomic E-state index is 0.0293. The van der Waals surface area contributed by atoms with Crippen molar-refractivity contribution in [2.24, 2.45) is 0 Å². The molecule has 0 spiro atoms. The summed E-state index contributed by atoms with van der Waals surface area (Å²) in [7, 11) is 1.37. The first-order chi connectivity index (χ1) is 28.6. The van der Waals surface area contributed by atoms with E-state index >= 15 is 0 Å². The second kappa shape index (κ2) is 43.9. The van der Waals surface area contributed by atoms with Crippen molar-refractivity contribution < 1.29 is 37.3 Å². The van der Waals surface area contributed by atoms with E-state index < -0.39 is 13.9 Å². The van der Waals surface area contributed by atoms with Crippen molar-refractivity contribution in [3.8, 4) is 0 Å². The van der Waals surface area contributed by atoms with Crippen molar-refractivity contribution in [3.05, 3.63) is 12.2 Å². The Balaban J connectivity index is 4.11. The number of carbonyl (C=O) groups is 1. The first kappa shape index (κ1) is 58.2. The van der Waals surface area contributed by atoms with Crippen LogP contribution in [0.15, 0.2) is 12.2 Å². The van der Waals surface area contributed by atoms with Crippen LogP contribution >= 0.6 is 7.82 Å². The molecule has 0 radical (unpaired) electrons. The summed E-state index contributed by atoms with van der Waals surface area (Å²) < 4.78 is 34.7. The third kappa shape index (κ3) is 48.1. The number of rotatable bonds is 48. The number of hydrogen-bond donors (Lipinski definition) is 0. The van der Waals surface area contributed by atoms with Crippen LogP contribution < -0.4 is 4.89 Å². The molecule has 0 bridgehead atoms. The highest BCUT2D eigenvalue weighted by Gasteiger charge is 2.20. The van der Waals surface area contributed by atoms with Gasteiger partial charge in [-0.1, -0.05) is 212 Å². The Morgan fingerprint density at radius 3 is 1.29 bits per heavy atom. The molecule has 0 aromatic rings. The predicted octanol–water partition coefficient (Wildman–Crippen LogP) is 14.8. The smallest absolute Gasteiger partial charge is 0.306 e. The molecular formula is C50H100NO7P. The Morgan fingerprint density at radius 1 is 0.508 bits per heavy atom. The van der Waals surface area contributed by atoms with Crippen LogP contribution in [0, 0.1) is 0 Å². The van der Waals surface area contributed by atoms with E-state index in [2.05, 4.69) is 26.0 Å². The molecular weight excluding hydrogens is 758 g/mol. The van der Waals surface area contributed by atoms with Gasteiger partial charge in [0.1, 0.15) is 19.3 Å². The maximum Gasteiger partial charge on any atom is 0.306 e. The zero-order valence-corrected chi connectivity index (χ0v) is 40.9. The first-order valence-corrected chi connectivity index (χ1v) is 26.9. The summed E-state index contributed by atoms with van der Waals surface area (Å²) in [4.78, 5) is 25.1. The monoisotopic (exact) mass is 858 g/mol. The highest BCUT2D eigenvalue weighted by molar-refractivity contribution is 7.45. The summed E-state index contributed by atoms with van der Waals surface area (Å²) >= 11 is 0. The van der Waals surface area contributed by atoms with Gasteiger partial charge in [-0.05, 0) is 38.5 Å². The van der Waals surface area contributed by atoms with Gasteiger partial charge in [0, 0.05) is 13.0 Å². The van der Waals surface area contributed by atoms with Crippen molar-refractivity contribution in [1.82, 2.24) is 0 Å². The minimum atomic E-state index is -4.52. The molecule has 0 saturated carbocycles. The maximum absolute atomic E-state index is 12.7. The number of quaternary nitrogens is 1. The lowest BCUT2D eigenvalue weighted by molar-refractivity contribution is -0.870. The van der Waals surface area contributed by atoms with Crippen molar-refractivity contribution in [3.63, 3.8) is 0 Å². The van der Waals surface area contributed by atoms with Crippen LogP contribution in [0.5, 0.6) is 0 Å². The standard InChI is InChI=1S/C50H100NO7P/c1-6-8-10-12-14-16-18-20-22-24-25-26-27-28-29-31-33-35-37-39-41-43-50(52)58-49(48-57-59(53,54)56-46-44-51(3,4)5)47-55-45-42-40-38-36-34-32-30-23-21-19-17-15-13-11-9-7-2/h24-25,49H,6-23,26-48H2,1-5H3/b25-24-. The third-order valence-electron chi connectivity index (χ3n) is 11.3. The van der Waals surface area contributed by atoms with E-state index in [1.807, 2.05) is 21.1 Å². The topological polar surface area (TPSA) is 94.1 Å². The average molecular weight is 858 g/mol. The second-order valence-electron chi connectivity index (χ2n) is 18.5. The van der Waals surface area contributed by atoms with Gasteiger partial charge < -0.3 is 27.9 Å². The highest BCUT2D eigenvalue weighted by atomic mass is 31.2. The number of hydrogen-bond acceptors (Lipinski definition) is 7. The summed E-state index contributed by atoms with van der Waals surface area (Å²) in [6.45, 7) is 5.47. The largest absolute Gasteiger partial charge is 0.756 e. The van der Waals surface area contributed by atoms with E-state index in [1.54, 1.807) is 0 Å². The quantitative estimate of drug-likeness (QED) is 0.0198. The van der Waals surface area contributed by atoms with E-state index in [0.717, 1.165) is 32.1 Å². The van der Waals surface area contributed by atoms with Gasteiger partial charge in [-0.2, -0.15) is 0 Å². The number of allylic oxidation sites excluding steroid dienone is 2. The number of nitrogens with zero attached hydrogens (tertiary/aromatic N) is 1. The van der Waals surface area contributed by atoms with Crippen molar-refractivity contribution >= 4 is 13.8 Å². The molecule has 0 N–H and O–H groups in total. The molecule has 0 aliphatic heterocycles. The van der Waals surface area contributed by atoms with Gasteiger partial charge in [0.25, 0.3) is 7.82 Å². The van der Waals surface area contributed by atoms with E-state index in [0.29, 0.717) is 24.1 Å². The fourth-order valence-electron chi connectivity index (χ4n) is 7.37. The van der Waals surface area contributed by atoms with Crippen molar-refractivity contribution in [1.29, 1.82) is 0 Å². The lowest BCUT2D eigenvalue weighted by Gasteiger charge is -2.28. The molecule has 0 heterocycles. The Hall–Kier alpha value is -0.760. The van der Waals surface area contributed by atoms with Gasteiger partial charge in [0.15, 0.2) is 0 Å². The van der Waals surface area contributed by atoms with Crippen LogP contribution in [0.25, 0.3) is 0 Å². The van der Waals surface area contributed by atoms with Crippen LogP contribution in [-0.2, 0) is 27.9 Å². The number of phosphoric acid groups is 1. The Bertz CT molecular complexity index is 956. The van der Waals surface area contributed by atoms with Gasteiger partial charge in [-0.3, -0.25) is 9.36 Å². The van der Waals surface area contributed by atoms with Gasteiger partial charge in [0.2, 0.25) is 0 Å². The first-order valence-electron chi connectivity index (χ1n) is 25.4. The molecule has 9 heteroatoms. The Kier molecular flexibility index (Phi) is 43.3. The fraction of sp³-hybridized carbons (Fsp3) is 0.940. The van der Waals surface area contributed by atoms with E-state index in [-0.39, 0.29) is 25.8 Å². The van der Waals surface area contributed by atoms with Gasteiger partial charge >= 0.3 is 5.97 Å². The van der Waals surface area contributed by atoms with Crippen molar-refractivity contribution in [2.75, 3.05) is 54.1 Å². The van der Waals surface area contributed by atoms with Gasteiger partial charge in [-0.15, -0.1) is 0 Å². The molecule has 0 aromatic carbocycles. The molecule has 0 fully saturated rings. The SMILES string of the molecule is CCCCCCCCCC/C=C\CCCCCCCCCCCC(=O)OC(COCCCCCCCCCCCCCCCCCC)COP(=O)([O-])OCC[N+](C)(C)C. The van der Waals surface area contributed by atoms with E-state index in [1.165, 1.54) is 193 Å². The molecule has 0 amide bonds. The van der Waals surface area contributed by atoms with Crippen molar-refractivity contribution in [2.45, 2.75) is 251 Å². The third-order valence-corrected chi connectivity index (χ3v) is 12.3. The fourth-order valence-corrected chi connectivity index (χ4v) is 8.10. The lowest BCUT2D eigenvalue weighted by atomic mass is 10.0. The van der Waals surface area contributed by atoms with Crippen LogP contribution in [0.2, 0.25) is 0 Å². The number of ether oxygens (including phenoxy) is 2. The molecule has 0 aliphatic rings. The molecule has 0 saturated heterocycles. The zero-order chi connectivity index (χ0) is 43.4. The zero-order valence-electron chi connectivity index (χ0n) is 40.0. The summed E-state index contributed by atoms with van der Waals surface area (Å²) in [6.07, 6.45) is 49.4. The van der Waals surface area contributed by atoms with Crippen LogP contribution in [0.3, 0.4) is 0 Å². The number of phosphoric ester groups is 1. The average Bonchev–Trinajstić information content (AvgIpc) is 3.19. The van der Waals surface area contributed by atoms with E-state index in [9.17, 15) is 14.3 Å². The predicted molar refractivity (Wildman–Crippen MR) is 250 cm³/mol. The van der Waals surface area contributed by atoms with Crippen LogP contribution in [0.1, 0.15) is 245 Å². The number of esters is 1. The molecule has 0 rings (SSSR count). The van der Waals surface area contributed by atoms with E-state index in [4.69, 9.17) is 18.5 Å². The summed E-state index contributed by atoms with van der Waals surface area (Å²) in [5, 5.41) is 0. The molecule has 59 heavy (non-hydrogen) atoms. The number of carbonyl (C=O) groups excluding carboxylic acids is 1. The summed E-state index contributed by atoms with van der Waals surface area (Å²) in [5.74, 6) is -0.330. The van der Waals surface area contributed by atoms with Crippen LogP contribution in [0.4, 0.5) is 0 Å². The van der Waals surface area contributed by atoms with Crippen LogP contribution in [-0.4, -0.2) is 70.7 Å². The molecule has 0 aliphatic carbocycles. The number of unbranched alkanes of at least 4 members (excludes halogenated alkanes) is 32. The molecule has 0 aromatic heterocycles. The molecule has 2 unspecified atom stereocenters. The lowest BCUT2D eigenvalue weighted by Crippen LogP contribution is -2.37. The summed E-state index contributed by atoms with van der Waals surface area (Å²) in [6, 6.07) is 0. The molecule has 352 valence electrons. The maximum atomic E-state index is 12.7. The highest BCUT2D eigenvalue weighted by Crippen LogP contribution is 2.38. The minimum Gasteiger partial charge on any atom is -0.756 e. The molecule has 2 atom stereocenters. The Labute approximate surface area is 367 Å². The van der Waals surface area contributed by atoms with Gasteiger partial charge in [-0.25, -0.2) is 0 Å². The molecule has 8 nitrogen and oxygen atoms in total. The van der Waals surface area contributed by atoms with Gasteiger partial charge in [0.05, 0.1) is 34.4 Å². The second-order valence-corrected chi connectivity index (χ2v) is 19.9. The number of likely N-dealkylation sites (N-methyl/N-ethyl adjacent to an activating group) is 1. The normalized spacial score (nSPS) is 13.7. The Morgan fingerprint density at radius 2 is 0.881 bits per heavy atom.